The van der Waals surface area contributed by atoms with Crippen molar-refractivity contribution in [2.24, 2.45) is 11.8 Å². The Morgan fingerprint density at radius 2 is 2.08 bits per heavy atom. The third-order valence-corrected chi connectivity index (χ3v) is 5.36. The predicted octanol–water partition coefficient (Wildman–Crippen LogP) is 1.81. The summed E-state index contributed by atoms with van der Waals surface area (Å²) in [5.41, 5.74) is 0.842. The molecule has 128 valence electrons. The molecule has 1 fully saturated rings. The fourth-order valence-electron chi connectivity index (χ4n) is 3.21. The summed E-state index contributed by atoms with van der Waals surface area (Å²) in [6.07, 6.45) is 6.84. The summed E-state index contributed by atoms with van der Waals surface area (Å²) >= 11 is 1.65. The van der Waals surface area contributed by atoms with Crippen LogP contribution in [0.4, 0.5) is 5.69 Å². The molecule has 0 aromatic heterocycles. The van der Waals surface area contributed by atoms with Gasteiger partial charge in [0.05, 0.1) is 5.92 Å². The van der Waals surface area contributed by atoms with Gasteiger partial charge in [-0.2, -0.15) is 0 Å². The Balaban J connectivity index is 1.59. The highest BCUT2D eigenvalue weighted by atomic mass is 32.2. The zero-order valence-corrected chi connectivity index (χ0v) is 14.5. The van der Waals surface area contributed by atoms with Crippen LogP contribution in [0, 0.1) is 11.8 Å². The first-order valence-electron chi connectivity index (χ1n) is 8.14. The zero-order valence-electron chi connectivity index (χ0n) is 13.6. The highest BCUT2D eigenvalue weighted by Crippen LogP contribution is 2.27. The first-order valence-corrected chi connectivity index (χ1v) is 9.37. The van der Waals surface area contributed by atoms with E-state index in [0.29, 0.717) is 6.54 Å². The zero-order chi connectivity index (χ0) is 17.1. The van der Waals surface area contributed by atoms with Crippen LogP contribution in [-0.2, 0) is 9.59 Å². The van der Waals surface area contributed by atoms with Gasteiger partial charge in [-0.25, -0.2) is 0 Å². The van der Waals surface area contributed by atoms with Crippen LogP contribution >= 0.6 is 11.8 Å². The number of carbonyl (C=O) groups excluding carboxylic acids is 2. The maximum Gasteiger partial charge on any atom is 0.227 e. The summed E-state index contributed by atoms with van der Waals surface area (Å²) in [6, 6.07) is 7.78. The van der Waals surface area contributed by atoms with E-state index in [4.69, 9.17) is 5.11 Å². The monoisotopic (exact) mass is 346 g/mol. The molecule has 0 unspecified atom stereocenters. The second-order valence-electron chi connectivity index (χ2n) is 6.28. The van der Waals surface area contributed by atoms with Gasteiger partial charge < -0.3 is 15.3 Å². The Labute approximate surface area is 146 Å². The maximum atomic E-state index is 12.4. The number of carbonyl (C=O) groups is 2. The van der Waals surface area contributed by atoms with Gasteiger partial charge in [0, 0.05) is 42.1 Å². The lowest BCUT2D eigenvalue weighted by Gasteiger charge is -2.18. The fourth-order valence-corrected chi connectivity index (χ4v) is 3.62. The van der Waals surface area contributed by atoms with E-state index in [0.717, 1.165) is 17.0 Å². The number of amides is 2. The number of hydrogen-bond acceptors (Lipinski definition) is 4. The molecule has 1 saturated heterocycles. The van der Waals surface area contributed by atoms with E-state index < -0.39 is 0 Å². The first-order chi connectivity index (χ1) is 11.6. The Hall–Kier alpha value is -1.79. The molecule has 24 heavy (non-hydrogen) atoms. The minimum atomic E-state index is -0.320. The van der Waals surface area contributed by atoms with Crippen molar-refractivity contribution in [3.8, 4) is 0 Å². The number of benzene rings is 1. The molecule has 0 saturated carbocycles. The Morgan fingerprint density at radius 3 is 2.71 bits per heavy atom. The van der Waals surface area contributed by atoms with Gasteiger partial charge >= 0.3 is 0 Å². The Morgan fingerprint density at radius 1 is 1.33 bits per heavy atom. The second-order valence-corrected chi connectivity index (χ2v) is 7.16. The standard InChI is InChI=1S/C18H22N2O3S/c1-24-16-6-4-15(5-7-16)20-10-13(9-17(20)22)18(23)19-14-3-2-12(8-14)11-21/h2-7,12-14,21H,8-11H2,1H3,(H,19,23)/t12-,13-,14+/m0/s1. The van der Waals surface area contributed by atoms with Crippen LogP contribution in [0.2, 0.25) is 0 Å². The summed E-state index contributed by atoms with van der Waals surface area (Å²) in [6.45, 7) is 0.522. The molecule has 0 radical (unpaired) electrons. The number of nitrogens with zero attached hydrogens (tertiary/aromatic N) is 1. The summed E-state index contributed by atoms with van der Waals surface area (Å²) < 4.78 is 0. The molecule has 2 amide bonds. The lowest BCUT2D eigenvalue weighted by molar-refractivity contribution is -0.126. The highest BCUT2D eigenvalue weighted by molar-refractivity contribution is 7.98. The van der Waals surface area contributed by atoms with E-state index >= 15 is 0 Å². The fraction of sp³-hybridized carbons (Fsp3) is 0.444. The van der Waals surface area contributed by atoms with Crippen molar-refractivity contribution < 1.29 is 14.7 Å². The van der Waals surface area contributed by atoms with Gasteiger partial charge in [-0.05, 0) is 36.9 Å². The largest absolute Gasteiger partial charge is 0.396 e. The lowest BCUT2D eigenvalue weighted by Crippen LogP contribution is -2.38. The molecule has 1 aromatic carbocycles. The van der Waals surface area contributed by atoms with Crippen molar-refractivity contribution in [3.05, 3.63) is 36.4 Å². The maximum absolute atomic E-state index is 12.4. The van der Waals surface area contributed by atoms with Crippen LogP contribution in [0.25, 0.3) is 0 Å². The smallest absolute Gasteiger partial charge is 0.227 e. The van der Waals surface area contributed by atoms with Gasteiger partial charge in [0.2, 0.25) is 11.8 Å². The normalized spacial score (nSPS) is 26.2. The Bertz CT molecular complexity index is 644. The van der Waals surface area contributed by atoms with Crippen LogP contribution in [0.15, 0.2) is 41.3 Å². The lowest BCUT2D eigenvalue weighted by atomic mass is 10.1. The number of nitrogens with one attached hydrogen (secondary N) is 1. The molecule has 2 aliphatic rings. The average molecular weight is 346 g/mol. The number of thioether (sulfide) groups is 1. The highest BCUT2D eigenvalue weighted by Gasteiger charge is 2.36. The summed E-state index contributed by atoms with van der Waals surface area (Å²) in [5.74, 6) is -0.298. The Kier molecular flexibility index (Phi) is 5.26. The minimum absolute atomic E-state index is 0.0118. The quantitative estimate of drug-likeness (QED) is 0.630. The van der Waals surface area contributed by atoms with Gasteiger partial charge in [0.25, 0.3) is 0 Å². The number of aliphatic hydroxyl groups excluding tert-OH is 1. The van der Waals surface area contributed by atoms with Crippen molar-refractivity contribution in [1.82, 2.24) is 5.32 Å². The van der Waals surface area contributed by atoms with Crippen molar-refractivity contribution in [3.63, 3.8) is 0 Å². The molecule has 3 rings (SSSR count). The summed E-state index contributed by atoms with van der Waals surface area (Å²) in [5, 5.41) is 12.1. The number of hydrogen-bond donors (Lipinski definition) is 2. The molecule has 6 heteroatoms. The van der Waals surface area contributed by atoms with Crippen molar-refractivity contribution in [2.75, 3.05) is 24.3 Å². The SMILES string of the molecule is CSc1ccc(N2C[C@@H](C(=O)N[C@@H]3C=C[C@H](CO)C3)CC2=O)cc1. The topological polar surface area (TPSA) is 69.6 Å². The third kappa shape index (κ3) is 3.65. The molecule has 1 heterocycles. The number of aliphatic hydroxyl groups is 1. The van der Waals surface area contributed by atoms with E-state index in [1.54, 1.807) is 16.7 Å². The predicted molar refractivity (Wildman–Crippen MR) is 94.9 cm³/mol. The van der Waals surface area contributed by atoms with Crippen molar-refractivity contribution in [2.45, 2.75) is 23.8 Å². The number of anilines is 1. The van der Waals surface area contributed by atoms with Crippen LogP contribution in [0.1, 0.15) is 12.8 Å². The van der Waals surface area contributed by atoms with Gasteiger partial charge in [-0.15, -0.1) is 11.8 Å². The van der Waals surface area contributed by atoms with E-state index in [2.05, 4.69) is 5.32 Å². The van der Waals surface area contributed by atoms with Crippen LogP contribution < -0.4 is 10.2 Å². The molecular weight excluding hydrogens is 324 g/mol. The van der Waals surface area contributed by atoms with E-state index in [1.165, 1.54) is 0 Å². The van der Waals surface area contributed by atoms with E-state index in [9.17, 15) is 9.59 Å². The number of rotatable bonds is 5. The van der Waals surface area contributed by atoms with Crippen molar-refractivity contribution in [1.29, 1.82) is 0 Å². The summed E-state index contributed by atoms with van der Waals surface area (Å²) in [7, 11) is 0. The van der Waals surface area contributed by atoms with Gasteiger partial charge in [-0.3, -0.25) is 9.59 Å². The molecular formula is C18H22N2O3S. The van der Waals surface area contributed by atoms with E-state index in [1.807, 2.05) is 42.7 Å². The summed E-state index contributed by atoms with van der Waals surface area (Å²) in [4.78, 5) is 27.5. The molecule has 5 nitrogen and oxygen atoms in total. The average Bonchev–Trinajstić information content (AvgIpc) is 3.21. The van der Waals surface area contributed by atoms with Crippen LogP contribution in [-0.4, -0.2) is 42.4 Å². The minimum Gasteiger partial charge on any atom is -0.396 e. The van der Waals surface area contributed by atoms with Crippen LogP contribution in [0.3, 0.4) is 0 Å². The van der Waals surface area contributed by atoms with Crippen LogP contribution in [0.5, 0.6) is 0 Å². The third-order valence-electron chi connectivity index (χ3n) is 4.61. The first kappa shape index (κ1) is 17.0. The van der Waals surface area contributed by atoms with Crippen molar-refractivity contribution >= 4 is 29.3 Å². The van der Waals surface area contributed by atoms with E-state index in [-0.39, 0.29) is 42.7 Å². The van der Waals surface area contributed by atoms with Gasteiger partial charge in [0.1, 0.15) is 0 Å². The molecule has 0 bridgehead atoms. The van der Waals surface area contributed by atoms with Gasteiger partial charge in [0.15, 0.2) is 0 Å². The second kappa shape index (κ2) is 7.40. The molecule has 1 aliphatic heterocycles. The van der Waals surface area contributed by atoms with Gasteiger partial charge in [-0.1, -0.05) is 12.2 Å². The molecule has 2 N–H and O–H groups in total. The molecule has 1 aliphatic carbocycles. The molecule has 1 aromatic rings. The molecule has 3 atom stereocenters. The molecule has 0 spiro atoms.